The Bertz CT molecular complexity index is 990. The molecule has 0 amide bonds. The van der Waals surface area contributed by atoms with E-state index in [1.165, 1.54) is 10.6 Å². The van der Waals surface area contributed by atoms with Gasteiger partial charge in [0, 0.05) is 24.0 Å². The van der Waals surface area contributed by atoms with Gasteiger partial charge in [0.25, 0.3) is 0 Å². The average Bonchev–Trinajstić information content (AvgIpc) is 3.16. The molecule has 0 saturated heterocycles. The maximum Gasteiger partial charge on any atom is 0.161 e. The first kappa shape index (κ1) is 23.3. The number of hydrogen-bond acceptors (Lipinski definition) is 6. The SMILES string of the molecule is COc1cc(CN2c3ccccc3SC2C(N)CN)ccc1OCc1ccccc1.Cl. The standard InChI is InChI=1S/C24H27N3O2S.ClH/c1-28-22-13-18(11-12-21(22)29-16-17-7-3-2-4-8-17)15-27-20-9-5-6-10-23(20)30-24(27)19(26)14-25;/h2-13,19,24H,14-16,25-26H2,1H3;1H. The molecule has 2 atom stereocenters. The number of anilines is 1. The fourth-order valence-electron chi connectivity index (χ4n) is 3.60. The smallest absolute Gasteiger partial charge is 0.161 e. The molecule has 0 aliphatic carbocycles. The molecule has 31 heavy (non-hydrogen) atoms. The summed E-state index contributed by atoms with van der Waals surface area (Å²) in [5.74, 6) is 1.46. The summed E-state index contributed by atoms with van der Waals surface area (Å²) < 4.78 is 11.6. The predicted octanol–water partition coefficient (Wildman–Crippen LogP) is 4.42. The number of nitrogens with two attached hydrogens (primary N) is 2. The third-order valence-corrected chi connectivity index (χ3v) is 6.63. The number of thioether (sulfide) groups is 1. The Morgan fingerprint density at radius 2 is 1.71 bits per heavy atom. The van der Waals surface area contributed by atoms with Gasteiger partial charge < -0.3 is 25.8 Å². The fraction of sp³-hybridized carbons (Fsp3) is 0.250. The van der Waals surface area contributed by atoms with Crippen LogP contribution in [0.4, 0.5) is 5.69 Å². The van der Waals surface area contributed by atoms with Crippen molar-refractivity contribution in [1.29, 1.82) is 0 Å². The highest BCUT2D eigenvalue weighted by Crippen LogP contribution is 2.45. The molecule has 1 aliphatic rings. The molecule has 164 valence electrons. The van der Waals surface area contributed by atoms with Crippen molar-refractivity contribution in [3.05, 3.63) is 83.9 Å². The van der Waals surface area contributed by atoms with Crippen molar-refractivity contribution < 1.29 is 9.47 Å². The number of benzene rings is 3. The van der Waals surface area contributed by atoms with Gasteiger partial charge in [0.15, 0.2) is 11.5 Å². The zero-order chi connectivity index (χ0) is 20.9. The molecule has 5 nitrogen and oxygen atoms in total. The molecule has 4 rings (SSSR count). The van der Waals surface area contributed by atoms with Crippen LogP contribution in [0.25, 0.3) is 0 Å². The molecule has 0 bridgehead atoms. The number of rotatable bonds is 8. The number of hydrogen-bond donors (Lipinski definition) is 2. The van der Waals surface area contributed by atoms with Crippen molar-refractivity contribution in [2.45, 2.75) is 29.5 Å². The van der Waals surface area contributed by atoms with Crippen molar-refractivity contribution in [2.75, 3.05) is 18.6 Å². The Balaban J connectivity index is 0.00000272. The van der Waals surface area contributed by atoms with Crippen molar-refractivity contribution in [3.8, 4) is 11.5 Å². The maximum atomic E-state index is 6.34. The van der Waals surface area contributed by atoms with Crippen LogP contribution in [0, 0.1) is 0 Å². The maximum absolute atomic E-state index is 6.34. The second-order valence-corrected chi connectivity index (χ2v) is 8.42. The summed E-state index contributed by atoms with van der Waals surface area (Å²) >= 11 is 1.78. The van der Waals surface area contributed by atoms with Crippen LogP contribution in [-0.2, 0) is 13.2 Å². The minimum atomic E-state index is -0.113. The first-order valence-corrected chi connectivity index (χ1v) is 10.9. The third-order valence-electron chi connectivity index (χ3n) is 5.19. The molecule has 1 heterocycles. The molecule has 4 N–H and O–H groups in total. The van der Waals surface area contributed by atoms with Gasteiger partial charge in [-0.3, -0.25) is 0 Å². The lowest BCUT2D eigenvalue weighted by Crippen LogP contribution is -2.47. The first-order valence-electron chi connectivity index (χ1n) is 10.0. The Labute approximate surface area is 194 Å². The minimum Gasteiger partial charge on any atom is -0.493 e. The van der Waals surface area contributed by atoms with E-state index in [9.17, 15) is 0 Å². The average molecular weight is 458 g/mol. The van der Waals surface area contributed by atoms with Gasteiger partial charge in [0.2, 0.25) is 0 Å². The first-order chi connectivity index (χ1) is 14.7. The highest BCUT2D eigenvalue weighted by molar-refractivity contribution is 8.00. The molecule has 7 heteroatoms. The van der Waals surface area contributed by atoms with E-state index < -0.39 is 0 Å². The van der Waals surface area contributed by atoms with Crippen LogP contribution in [0.15, 0.2) is 77.7 Å². The second kappa shape index (κ2) is 10.8. The van der Waals surface area contributed by atoms with Crippen LogP contribution in [-0.4, -0.2) is 25.1 Å². The monoisotopic (exact) mass is 457 g/mol. The van der Waals surface area contributed by atoms with Crippen LogP contribution >= 0.6 is 24.2 Å². The predicted molar refractivity (Wildman–Crippen MR) is 130 cm³/mol. The molecular weight excluding hydrogens is 430 g/mol. The summed E-state index contributed by atoms with van der Waals surface area (Å²) in [6, 6.07) is 24.5. The number of ether oxygens (including phenoxy) is 2. The van der Waals surface area contributed by atoms with E-state index in [0.717, 1.165) is 29.2 Å². The molecule has 3 aromatic rings. The van der Waals surface area contributed by atoms with Crippen LogP contribution in [0.3, 0.4) is 0 Å². The van der Waals surface area contributed by atoms with Gasteiger partial charge in [-0.25, -0.2) is 0 Å². The lowest BCUT2D eigenvalue weighted by Gasteiger charge is -2.30. The summed E-state index contributed by atoms with van der Waals surface area (Å²) in [6.45, 7) is 1.66. The minimum absolute atomic E-state index is 0. The Morgan fingerprint density at radius 1 is 0.968 bits per heavy atom. The summed E-state index contributed by atoms with van der Waals surface area (Å²) in [4.78, 5) is 3.57. The number of methoxy groups -OCH3 is 1. The summed E-state index contributed by atoms with van der Waals surface area (Å²) in [7, 11) is 1.67. The van der Waals surface area contributed by atoms with Gasteiger partial charge in [-0.1, -0.05) is 60.3 Å². The van der Waals surface area contributed by atoms with Gasteiger partial charge in [-0.15, -0.1) is 12.4 Å². The van der Waals surface area contributed by atoms with E-state index in [-0.39, 0.29) is 23.8 Å². The van der Waals surface area contributed by atoms with Crippen LogP contribution in [0.1, 0.15) is 11.1 Å². The number of halogens is 1. The molecule has 2 unspecified atom stereocenters. The summed E-state index contributed by atoms with van der Waals surface area (Å²) in [5, 5.41) is 0.104. The number of para-hydroxylation sites is 1. The molecule has 1 aliphatic heterocycles. The fourth-order valence-corrected chi connectivity index (χ4v) is 4.92. The van der Waals surface area contributed by atoms with Gasteiger partial charge in [-0.2, -0.15) is 0 Å². The zero-order valence-electron chi connectivity index (χ0n) is 17.4. The van der Waals surface area contributed by atoms with Crippen LogP contribution < -0.4 is 25.8 Å². The van der Waals surface area contributed by atoms with E-state index in [4.69, 9.17) is 20.9 Å². The van der Waals surface area contributed by atoms with Gasteiger partial charge >= 0.3 is 0 Å². The molecule has 3 aromatic carbocycles. The molecule has 0 fully saturated rings. The highest BCUT2D eigenvalue weighted by atomic mass is 35.5. The van der Waals surface area contributed by atoms with Crippen molar-refractivity contribution in [1.82, 2.24) is 0 Å². The van der Waals surface area contributed by atoms with Crippen molar-refractivity contribution in [2.24, 2.45) is 11.5 Å². The Kier molecular flexibility index (Phi) is 8.09. The summed E-state index contributed by atoms with van der Waals surface area (Å²) in [5.41, 5.74) is 15.7. The van der Waals surface area contributed by atoms with Crippen molar-refractivity contribution in [3.63, 3.8) is 0 Å². The Morgan fingerprint density at radius 3 is 2.45 bits per heavy atom. The molecule has 0 saturated carbocycles. The third kappa shape index (κ3) is 5.28. The lowest BCUT2D eigenvalue weighted by atomic mass is 10.1. The Hall–Kier alpha value is -2.38. The van der Waals surface area contributed by atoms with E-state index in [1.807, 2.05) is 42.5 Å². The van der Waals surface area contributed by atoms with Crippen molar-refractivity contribution >= 4 is 29.9 Å². The highest BCUT2D eigenvalue weighted by Gasteiger charge is 2.33. The largest absolute Gasteiger partial charge is 0.493 e. The number of fused-ring (bicyclic) bond motifs is 1. The lowest BCUT2D eigenvalue weighted by molar-refractivity contribution is 0.284. The molecule has 0 aromatic heterocycles. The van der Waals surface area contributed by atoms with E-state index in [2.05, 4.69) is 35.2 Å². The molecule has 0 radical (unpaired) electrons. The van der Waals surface area contributed by atoms with E-state index in [0.29, 0.717) is 13.2 Å². The topological polar surface area (TPSA) is 73.7 Å². The van der Waals surface area contributed by atoms with Crippen LogP contribution in [0.5, 0.6) is 11.5 Å². The molecular formula is C24H28ClN3O2S. The van der Waals surface area contributed by atoms with E-state index >= 15 is 0 Å². The van der Waals surface area contributed by atoms with Gasteiger partial charge in [-0.05, 0) is 35.4 Å². The quantitative estimate of drug-likeness (QED) is 0.521. The van der Waals surface area contributed by atoms with Gasteiger partial charge in [0.1, 0.15) is 6.61 Å². The van der Waals surface area contributed by atoms with Crippen LogP contribution in [0.2, 0.25) is 0 Å². The number of nitrogens with zero attached hydrogens (tertiary/aromatic N) is 1. The normalized spacial score (nSPS) is 15.7. The summed E-state index contributed by atoms with van der Waals surface area (Å²) in [6.07, 6.45) is 0. The molecule has 0 spiro atoms. The zero-order valence-corrected chi connectivity index (χ0v) is 19.1. The van der Waals surface area contributed by atoms with Gasteiger partial charge in [0.05, 0.1) is 18.2 Å². The second-order valence-electron chi connectivity index (χ2n) is 7.26. The van der Waals surface area contributed by atoms with E-state index in [1.54, 1.807) is 18.9 Å².